The molecule has 1 aromatic carbocycles. The Morgan fingerprint density at radius 1 is 1.28 bits per heavy atom. The Morgan fingerprint density at radius 3 is 2.78 bits per heavy atom. The predicted octanol–water partition coefficient (Wildman–Crippen LogP) is 3.24. The molecular weight excluding hydrogens is 230 g/mol. The van der Waals surface area contributed by atoms with Crippen molar-refractivity contribution in [2.45, 2.75) is 13.8 Å². The third-order valence-corrected chi connectivity index (χ3v) is 3.31. The molecule has 1 N–H and O–H groups in total. The summed E-state index contributed by atoms with van der Waals surface area (Å²) < 4.78 is 0. The molecule has 0 aliphatic heterocycles. The first kappa shape index (κ1) is 10.7. The van der Waals surface area contributed by atoms with E-state index in [1.165, 1.54) is 11.8 Å². The highest BCUT2D eigenvalue weighted by Crippen LogP contribution is 2.27. The summed E-state index contributed by atoms with van der Waals surface area (Å²) in [5.74, 6) is 0. The fraction of sp³-hybridized carbons (Fsp3) is 0.154. The van der Waals surface area contributed by atoms with Gasteiger partial charge >= 0.3 is 0 Å². The first-order valence-electron chi connectivity index (χ1n) is 5.59. The second-order valence-corrected chi connectivity index (χ2v) is 4.42. The van der Waals surface area contributed by atoms with Crippen LogP contribution in [0.4, 0.5) is 5.69 Å². The highest BCUT2D eigenvalue weighted by Gasteiger charge is 2.10. The molecule has 0 saturated heterocycles. The van der Waals surface area contributed by atoms with E-state index in [-0.39, 0.29) is 5.69 Å². The molecule has 2 aromatic heterocycles. The van der Waals surface area contributed by atoms with E-state index in [0.717, 1.165) is 27.5 Å². The molecule has 5 heteroatoms. The van der Waals surface area contributed by atoms with Gasteiger partial charge in [-0.25, -0.2) is 4.98 Å². The molecular formula is C13H11N3O2. The Bertz CT molecular complexity index is 790. The molecule has 0 aliphatic carbocycles. The van der Waals surface area contributed by atoms with E-state index in [0.29, 0.717) is 0 Å². The van der Waals surface area contributed by atoms with E-state index >= 15 is 0 Å². The lowest BCUT2D eigenvalue weighted by molar-refractivity contribution is -0.385. The number of pyridine rings is 1. The fourth-order valence-electron chi connectivity index (χ4n) is 2.18. The monoisotopic (exact) mass is 241 g/mol. The van der Waals surface area contributed by atoms with Crippen LogP contribution in [0.25, 0.3) is 21.8 Å². The smallest absolute Gasteiger partial charge is 0.288 e. The van der Waals surface area contributed by atoms with Crippen molar-refractivity contribution in [1.82, 2.24) is 9.97 Å². The molecule has 0 unspecified atom stereocenters. The van der Waals surface area contributed by atoms with Crippen LogP contribution >= 0.6 is 0 Å². The summed E-state index contributed by atoms with van der Waals surface area (Å²) in [6.45, 7) is 4.04. The number of aromatic nitrogens is 2. The number of nitrogens with zero attached hydrogens (tertiary/aromatic N) is 2. The zero-order valence-corrected chi connectivity index (χ0v) is 10.0. The van der Waals surface area contributed by atoms with Crippen LogP contribution in [-0.4, -0.2) is 14.9 Å². The molecule has 0 atom stereocenters. The number of nitro groups is 1. The van der Waals surface area contributed by atoms with Crippen LogP contribution in [0.2, 0.25) is 0 Å². The van der Waals surface area contributed by atoms with E-state index in [1.54, 1.807) is 6.07 Å². The quantitative estimate of drug-likeness (QED) is 0.525. The number of rotatable bonds is 1. The van der Waals surface area contributed by atoms with Crippen molar-refractivity contribution in [2.24, 2.45) is 0 Å². The number of aromatic amines is 1. The minimum atomic E-state index is -0.425. The molecule has 0 bridgehead atoms. The SMILES string of the molecule is Cc1[nH]c2cc3ncc([N+](=O)[O-])cc3cc2c1C. The maximum Gasteiger partial charge on any atom is 0.288 e. The van der Waals surface area contributed by atoms with Crippen LogP contribution in [0.5, 0.6) is 0 Å². The minimum Gasteiger partial charge on any atom is -0.358 e. The van der Waals surface area contributed by atoms with Gasteiger partial charge in [0.15, 0.2) is 0 Å². The average molecular weight is 241 g/mol. The van der Waals surface area contributed by atoms with Crippen molar-refractivity contribution in [3.8, 4) is 0 Å². The maximum absolute atomic E-state index is 10.7. The van der Waals surface area contributed by atoms with E-state index in [1.807, 2.05) is 26.0 Å². The lowest BCUT2D eigenvalue weighted by atomic mass is 10.1. The van der Waals surface area contributed by atoms with Crippen LogP contribution in [-0.2, 0) is 0 Å². The van der Waals surface area contributed by atoms with Crippen molar-refractivity contribution in [3.05, 3.63) is 45.8 Å². The minimum absolute atomic E-state index is 0.0201. The van der Waals surface area contributed by atoms with Gasteiger partial charge in [0.1, 0.15) is 6.20 Å². The molecule has 0 spiro atoms. The topological polar surface area (TPSA) is 71.8 Å². The molecule has 90 valence electrons. The van der Waals surface area contributed by atoms with Gasteiger partial charge in [0.25, 0.3) is 5.69 Å². The largest absolute Gasteiger partial charge is 0.358 e. The normalized spacial score (nSPS) is 11.2. The molecule has 3 rings (SSSR count). The summed E-state index contributed by atoms with van der Waals surface area (Å²) in [5.41, 5.74) is 4.06. The summed E-state index contributed by atoms with van der Waals surface area (Å²) in [5, 5.41) is 12.6. The molecule has 0 saturated carbocycles. The van der Waals surface area contributed by atoms with E-state index < -0.39 is 4.92 Å². The third-order valence-electron chi connectivity index (χ3n) is 3.31. The van der Waals surface area contributed by atoms with Crippen molar-refractivity contribution >= 4 is 27.5 Å². The molecule has 0 amide bonds. The number of hydrogen-bond donors (Lipinski definition) is 1. The molecule has 0 aliphatic rings. The van der Waals surface area contributed by atoms with Gasteiger partial charge in [-0.15, -0.1) is 0 Å². The predicted molar refractivity (Wildman–Crippen MR) is 69.7 cm³/mol. The van der Waals surface area contributed by atoms with Crippen LogP contribution in [0, 0.1) is 24.0 Å². The Kier molecular flexibility index (Phi) is 2.10. The van der Waals surface area contributed by atoms with E-state index in [4.69, 9.17) is 0 Å². The zero-order valence-electron chi connectivity index (χ0n) is 10.0. The van der Waals surface area contributed by atoms with Gasteiger partial charge in [0.05, 0.1) is 10.4 Å². The number of fused-ring (bicyclic) bond motifs is 2. The van der Waals surface area contributed by atoms with Gasteiger partial charge < -0.3 is 4.98 Å². The third kappa shape index (κ3) is 1.44. The van der Waals surface area contributed by atoms with Gasteiger partial charge in [0, 0.05) is 28.0 Å². The number of H-pyrrole nitrogens is 1. The summed E-state index contributed by atoms with van der Waals surface area (Å²) >= 11 is 0. The molecule has 5 nitrogen and oxygen atoms in total. The lowest BCUT2D eigenvalue weighted by Gasteiger charge is -1.98. The zero-order chi connectivity index (χ0) is 12.9. The summed E-state index contributed by atoms with van der Waals surface area (Å²) in [6, 6.07) is 5.43. The summed E-state index contributed by atoms with van der Waals surface area (Å²) in [4.78, 5) is 17.7. The number of nitrogens with one attached hydrogen (secondary N) is 1. The first-order chi connectivity index (χ1) is 8.56. The van der Waals surface area contributed by atoms with Gasteiger partial charge in [-0.1, -0.05) is 0 Å². The summed E-state index contributed by atoms with van der Waals surface area (Å²) in [6.07, 6.45) is 1.29. The standard InChI is InChI=1S/C13H11N3O2/c1-7-8(2)15-13-5-12-9(4-11(7)13)3-10(6-14-12)16(17)18/h3-6,15H,1-2H3. The van der Waals surface area contributed by atoms with Gasteiger partial charge in [0.2, 0.25) is 0 Å². The van der Waals surface area contributed by atoms with Crippen LogP contribution in [0.15, 0.2) is 24.4 Å². The highest BCUT2D eigenvalue weighted by molar-refractivity contribution is 5.97. The van der Waals surface area contributed by atoms with Crippen molar-refractivity contribution in [3.63, 3.8) is 0 Å². The van der Waals surface area contributed by atoms with Crippen molar-refractivity contribution in [2.75, 3.05) is 0 Å². The van der Waals surface area contributed by atoms with E-state index in [2.05, 4.69) is 9.97 Å². The molecule has 3 aromatic rings. The molecule has 18 heavy (non-hydrogen) atoms. The molecule has 2 heterocycles. The van der Waals surface area contributed by atoms with Gasteiger partial charge in [-0.3, -0.25) is 10.1 Å². The Labute approximate surface area is 103 Å². The molecule has 0 fully saturated rings. The second-order valence-electron chi connectivity index (χ2n) is 4.42. The van der Waals surface area contributed by atoms with Gasteiger partial charge in [-0.05, 0) is 31.5 Å². The van der Waals surface area contributed by atoms with Crippen molar-refractivity contribution < 1.29 is 4.92 Å². The van der Waals surface area contributed by atoms with Crippen LogP contribution in [0.3, 0.4) is 0 Å². The summed E-state index contributed by atoms with van der Waals surface area (Å²) in [7, 11) is 0. The van der Waals surface area contributed by atoms with Crippen LogP contribution in [0.1, 0.15) is 11.3 Å². The van der Waals surface area contributed by atoms with Gasteiger partial charge in [-0.2, -0.15) is 0 Å². The number of benzene rings is 1. The fourth-order valence-corrected chi connectivity index (χ4v) is 2.18. The first-order valence-corrected chi connectivity index (χ1v) is 5.59. The number of hydrogen-bond acceptors (Lipinski definition) is 3. The Morgan fingerprint density at radius 2 is 2.06 bits per heavy atom. The average Bonchev–Trinajstić information content (AvgIpc) is 2.61. The van der Waals surface area contributed by atoms with Crippen molar-refractivity contribution in [1.29, 1.82) is 0 Å². The second kappa shape index (κ2) is 3.53. The highest BCUT2D eigenvalue weighted by atomic mass is 16.6. The number of aryl methyl sites for hydroxylation is 2. The maximum atomic E-state index is 10.7. The Balaban J connectivity index is 2.38. The lowest BCUT2D eigenvalue weighted by Crippen LogP contribution is -1.89. The van der Waals surface area contributed by atoms with E-state index in [9.17, 15) is 10.1 Å². The Hall–Kier alpha value is -2.43. The van der Waals surface area contributed by atoms with Crippen LogP contribution < -0.4 is 0 Å². The molecule has 0 radical (unpaired) electrons.